The Bertz CT molecular complexity index is 1620. The molecule has 5 heterocycles. The lowest BCUT2D eigenvalue weighted by Gasteiger charge is -2.07. The molecule has 6 aromatic rings. The second-order valence-corrected chi connectivity index (χ2v) is 7.65. The Morgan fingerprint density at radius 3 is 2.69 bits per heavy atom. The van der Waals surface area contributed by atoms with Crippen LogP contribution in [-0.4, -0.2) is 39.7 Å². The van der Waals surface area contributed by atoms with E-state index in [1.54, 1.807) is 31.0 Å². The van der Waals surface area contributed by atoms with E-state index < -0.39 is 0 Å². The van der Waals surface area contributed by atoms with Crippen LogP contribution in [0.15, 0.2) is 55.4 Å². The minimum Gasteiger partial charge on any atom is -0.336 e. The summed E-state index contributed by atoms with van der Waals surface area (Å²) >= 11 is 0. The van der Waals surface area contributed by atoms with E-state index in [0.29, 0.717) is 39.3 Å². The van der Waals surface area contributed by atoms with Crippen molar-refractivity contribution in [3.63, 3.8) is 0 Å². The zero-order valence-electron chi connectivity index (χ0n) is 17.3. The van der Waals surface area contributed by atoms with E-state index in [-0.39, 0.29) is 5.82 Å². The van der Waals surface area contributed by atoms with Crippen LogP contribution >= 0.6 is 0 Å². The fourth-order valence-electron chi connectivity index (χ4n) is 3.96. The number of aromatic amines is 2. The van der Waals surface area contributed by atoms with Gasteiger partial charge in [-0.3, -0.25) is 14.6 Å². The summed E-state index contributed by atoms with van der Waals surface area (Å²) in [5, 5.41) is 7.66. The molecule has 6 rings (SSSR count). The third-order valence-electron chi connectivity index (χ3n) is 5.56. The molecule has 8 nitrogen and oxygen atoms in total. The van der Waals surface area contributed by atoms with Gasteiger partial charge in [0.15, 0.2) is 11.6 Å². The summed E-state index contributed by atoms with van der Waals surface area (Å²) in [6.07, 6.45) is 8.63. The van der Waals surface area contributed by atoms with Gasteiger partial charge in [0.05, 0.1) is 22.1 Å². The number of H-pyrrole nitrogens is 2. The molecule has 156 valence electrons. The molecule has 0 spiro atoms. The Morgan fingerprint density at radius 2 is 1.88 bits per heavy atom. The molecule has 0 saturated heterocycles. The molecule has 0 unspecified atom stereocenters. The SMILES string of the molecule is Cc1cn(-c2nccc3[nH]c(-c4n[nH]c5ccc(-c6cnccc6C)c(F)c45)nc23)cn1. The minimum atomic E-state index is -0.369. The highest BCUT2D eigenvalue weighted by Crippen LogP contribution is 2.35. The number of benzene rings is 1. The smallest absolute Gasteiger partial charge is 0.166 e. The van der Waals surface area contributed by atoms with Gasteiger partial charge in [-0.05, 0) is 43.7 Å². The van der Waals surface area contributed by atoms with Crippen molar-refractivity contribution in [2.24, 2.45) is 0 Å². The first-order valence-corrected chi connectivity index (χ1v) is 10.0. The molecule has 0 aliphatic rings. The normalized spacial score (nSPS) is 11.6. The van der Waals surface area contributed by atoms with E-state index in [1.807, 2.05) is 42.8 Å². The van der Waals surface area contributed by atoms with Crippen LogP contribution in [-0.2, 0) is 0 Å². The average Bonchev–Trinajstić information content (AvgIpc) is 3.52. The van der Waals surface area contributed by atoms with Crippen molar-refractivity contribution in [3.05, 3.63) is 72.5 Å². The number of imidazole rings is 2. The lowest BCUT2D eigenvalue weighted by Crippen LogP contribution is -1.95. The Morgan fingerprint density at radius 1 is 0.969 bits per heavy atom. The maximum absolute atomic E-state index is 15.8. The number of rotatable bonds is 3. The first kappa shape index (κ1) is 18.4. The van der Waals surface area contributed by atoms with Crippen LogP contribution in [0, 0.1) is 19.7 Å². The van der Waals surface area contributed by atoms with Crippen molar-refractivity contribution in [1.29, 1.82) is 0 Å². The molecule has 1 aromatic carbocycles. The van der Waals surface area contributed by atoms with Gasteiger partial charge < -0.3 is 4.98 Å². The van der Waals surface area contributed by atoms with Crippen LogP contribution in [0.2, 0.25) is 0 Å². The van der Waals surface area contributed by atoms with Crippen molar-refractivity contribution in [1.82, 2.24) is 39.7 Å². The Hall–Kier alpha value is -4.40. The summed E-state index contributed by atoms with van der Waals surface area (Å²) in [7, 11) is 0. The number of pyridine rings is 2. The fraction of sp³-hybridized carbons (Fsp3) is 0.0870. The Balaban J connectivity index is 1.56. The van der Waals surface area contributed by atoms with E-state index in [0.717, 1.165) is 22.3 Å². The molecule has 0 atom stereocenters. The highest BCUT2D eigenvalue weighted by atomic mass is 19.1. The molecule has 0 aliphatic carbocycles. The van der Waals surface area contributed by atoms with Gasteiger partial charge in [0.1, 0.15) is 23.4 Å². The fourth-order valence-corrected chi connectivity index (χ4v) is 3.96. The van der Waals surface area contributed by atoms with Crippen LogP contribution in [0.5, 0.6) is 0 Å². The summed E-state index contributed by atoms with van der Waals surface area (Å²) in [5.41, 5.74) is 5.44. The molecule has 0 amide bonds. The molecule has 32 heavy (non-hydrogen) atoms. The van der Waals surface area contributed by atoms with E-state index >= 15 is 4.39 Å². The summed E-state index contributed by atoms with van der Waals surface area (Å²) in [6, 6.07) is 7.25. The average molecular weight is 424 g/mol. The van der Waals surface area contributed by atoms with Crippen molar-refractivity contribution < 1.29 is 4.39 Å². The molecule has 0 radical (unpaired) electrons. The number of nitrogens with zero attached hydrogens (tertiary/aromatic N) is 6. The molecular weight excluding hydrogens is 407 g/mol. The van der Waals surface area contributed by atoms with E-state index in [2.05, 4.69) is 30.1 Å². The van der Waals surface area contributed by atoms with Gasteiger partial charge in [0.25, 0.3) is 0 Å². The predicted octanol–water partition coefficient (Wildman–Crippen LogP) is 4.50. The van der Waals surface area contributed by atoms with Gasteiger partial charge in [0, 0.05) is 35.9 Å². The van der Waals surface area contributed by atoms with Crippen molar-refractivity contribution >= 4 is 21.9 Å². The number of hydrogen-bond donors (Lipinski definition) is 2. The monoisotopic (exact) mass is 424 g/mol. The standard InChI is InChI=1S/C23H17FN8/c1-12-5-7-25-9-15(12)14-3-4-16-18(19(14)24)21(31-30-16)22-28-17-6-8-26-23(20(17)29-22)32-10-13(2)27-11-32/h3-11H,1-2H3,(H,28,29)(H,30,31). The van der Waals surface area contributed by atoms with Gasteiger partial charge in [-0.25, -0.2) is 19.3 Å². The number of halogens is 1. The highest BCUT2D eigenvalue weighted by Gasteiger charge is 2.21. The molecular formula is C23H17FN8. The number of aromatic nitrogens is 8. The minimum absolute atomic E-state index is 0.369. The molecule has 0 aliphatic heterocycles. The largest absolute Gasteiger partial charge is 0.336 e. The van der Waals surface area contributed by atoms with Crippen molar-refractivity contribution in [2.75, 3.05) is 0 Å². The van der Waals surface area contributed by atoms with Gasteiger partial charge >= 0.3 is 0 Å². The Kier molecular flexibility index (Phi) is 3.91. The van der Waals surface area contributed by atoms with E-state index in [9.17, 15) is 0 Å². The van der Waals surface area contributed by atoms with Crippen LogP contribution in [0.1, 0.15) is 11.3 Å². The second kappa shape index (κ2) is 6.81. The van der Waals surface area contributed by atoms with Crippen LogP contribution in [0.3, 0.4) is 0 Å². The molecule has 2 N–H and O–H groups in total. The summed E-state index contributed by atoms with van der Waals surface area (Å²) in [5.74, 6) is 0.722. The second-order valence-electron chi connectivity index (χ2n) is 7.65. The number of nitrogens with one attached hydrogen (secondary N) is 2. The van der Waals surface area contributed by atoms with Gasteiger partial charge in [-0.15, -0.1) is 0 Å². The number of hydrogen-bond acceptors (Lipinski definition) is 5. The first-order valence-electron chi connectivity index (χ1n) is 10.0. The first-order chi connectivity index (χ1) is 15.6. The summed E-state index contributed by atoms with van der Waals surface area (Å²) < 4.78 is 17.6. The van der Waals surface area contributed by atoms with E-state index in [4.69, 9.17) is 4.98 Å². The quantitative estimate of drug-likeness (QED) is 0.435. The molecule has 0 fully saturated rings. The predicted molar refractivity (Wildman–Crippen MR) is 119 cm³/mol. The zero-order chi connectivity index (χ0) is 21.8. The van der Waals surface area contributed by atoms with Crippen LogP contribution in [0.25, 0.3) is 50.4 Å². The van der Waals surface area contributed by atoms with Gasteiger partial charge in [-0.1, -0.05) is 0 Å². The highest BCUT2D eigenvalue weighted by molar-refractivity contribution is 5.97. The molecule has 0 bridgehead atoms. The third kappa shape index (κ3) is 2.71. The van der Waals surface area contributed by atoms with Crippen LogP contribution in [0.4, 0.5) is 4.39 Å². The lowest BCUT2D eigenvalue weighted by atomic mass is 10.00. The zero-order valence-corrected chi connectivity index (χ0v) is 17.3. The molecule has 5 aromatic heterocycles. The molecule has 9 heteroatoms. The van der Waals surface area contributed by atoms with Gasteiger partial charge in [-0.2, -0.15) is 5.10 Å². The van der Waals surface area contributed by atoms with Crippen LogP contribution < -0.4 is 0 Å². The lowest BCUT2D eigenvalue weighted by molar-refractivity contribution is 0.643. The topological polar surface area (TPSA) is 101 Å². The Labute approximate surface area is 181 Å². The maximum atomic E-state index is 15.8. The third-order valence-corrected chi connectivity index (χ3v) is 5.56. The van der Waals surface area contributed by atoms with Gasteiger partial charge in [0.2, 0.25) is 0 Å². The number of fused-ring (bicyclic) bond motifs is 2. The molecule has 0 saturated carbocycles. The van der Waals surface area contributed by atoms with E-state index in [1.165, 1.54) is 0 Å². The summed E-state index contributed by atoms with van der Waals surface area (Å²) in [6.45, 7) is 3.84. The number of aryl methyl sites for hydroxylation is 2. The summed E-state index contributed by atoms with van der Waals surface area (Å²) in [4.78, 5) is 20.9. The van der Waals surface area contributed by atoms with Crippen molar-refractivity contribution in [2.45, 2.75) is 13.8 Å². The van der Waals surface area contributed by atoms with Crippen molar-refractivity contribution in [3.8, 4) is 28.5 Å². The maximum Gasteiger partial charge on any atom is 0.166 e.